The second kappa shape index (κ2) is 5.48. The second-order valence-electron chi connectivity index (χ2n) is 4.85. The number of carbonyl (C=O) groups is 1. The molecule has 1 N–H and O–H groups in total. The summed E-state index contributed by atoms with van der Waals surface area (Å²) in [6.45, 7) is 0. The standard InChI is InChI=1S/C17H13ClO4/c1-21-16(19)17(20)10-14(11-5-3-2-4-6-11)13-9-12(18)7-8-15(13)22-17/h2-10,20H,1H3. The molecule has 0 fully saturated rings. The highest BCUT2D eigenvalue weighted by Gasteiger charge is 2.42. The molecule has 0 aromatic heterocycles. The molecule has 2 aromatic carbocycles. The zero-order valence-electron chi connectivity index (χ0n) is 11.7. The summed E-state index contributed by atoms with van der Waals surface area (Å²) in [6, 6.07) is 14.3. The minimum absolute atomic E-state index is 0.360. The van der Waals surface area contributed by atoms with E-state index in [2.05, 4.69) is 4.74 Å². The van der Waals surface area contributed by atoms with E-state index in [1.54, 1.807) is 18.2 Å². The Labute approximate surface area is 132 Å². The van der Waals surface area contributed by atoms with E-state index < -0.39 is 11.8 Å². The average molecular weight is 317 g/mol. The van der Waals surface area contributed by atoms with Crippen LogP contribution in [0.15, 0.2) is 54.6 Å². The van der Waals surface area contributed by atoms with Gasteiger partial charge in [0.2, 0.25) is 0 Å². The molecule has 0 amide bonds. The van der Waals surface area contributed by atoms with Crippen LogP contribution in [0.25, 0.3) is 5.57 Å². The van der Waals surface area contributed by atoms with Crippen molar-refractivity contribution in [1.82, 2.24) is 0 Å². The number of aliphatic hydroxyl groups is 1. The summed E-state index contributed by atoms with van der Waals surface area (Å²) in [5.74, 6) is -2.69. The molecule has 0 aliphatic carbocycles. The normalized spacial score (nSPS) is 19.7. The van der Waals surface area contributed by atoms with E-state index in [-0.39, 0.29) is 0 Å². The molecular formula is C17H13ClO4. The summed E-state index contributed by atoms with van der Waals surface area (Å²) in [7, 11) is 1.19. The number of ether oxygens (including phenoxy) is 2. The van der Waals surface area contributed by atoms with Gasteiger partial charge < -0.3 is 14.6 Å². The maximum absolute atomic E-state index is 11.9. The van der Waals surface area contributed by atoms with Gasteiger partial charge in [-0.3, -0.25) is 0 Å². The number of carbonyl (C=O) groups excluding carboxylic acids is 1. The highest BCUT2D eigenvalue weighted by atomic mass is 35.5. The van der Waals surface area contributed by atoms with Gasteiger partial charge in [-0.05, 0) is 29.3 Å². The number of benzene rings is 2. The Morgan fingerprint density at radius 2 is 1.95 bits per heavy atom. The number of esters is 1. The maximum atomic E-state index is 11.9. The molecule has 2 aromatic rings. The van der Waals surface area contributed by atoms with Crippen molar-refractivity contribution in [2.45, 2.75) is 5.79 Å². The summed E-state index contributed by atoms with van der Waals surface area (Å²) in [4.78, 5) is 11.9. The molecule has 1 aliphatic heterocycles. The molecule has 0 radical (unpaired) electrons. The molecule has 0 spiro atoms. The molecule has 112 valence electrons. The third-order valence-electron chi connectivity index (χ3n) is 3.40. The van der Waals surface area contributed by atoms with Gasteiger partial charge >= 0.3 is 11.8 Å². The van der Waals surface area contributed by atoms with E-state index in [1.165, 1.54) is 13.2 Å². The van der Waals surface area contributed by atoms with Gasteiger partial charge in [0.25, 0.3) is 0 Å². The molecular weight excluding hydrogens is 304 g/mol. The molecule has 1 heterocycles. The van der Waals surface area contributed by atoms with Crippen LogP contribution < -0.4 is 4.74 Å². The largest absolute Gasteiger partial charge is 0.464 e. The lowest BCUT2D eigenvalue weighted by Gasteiger charge is -2.30. The number of methoxy groups -OCH3 is 1. The zero-order chi connectivity index (χ0) is 15.7. The van der Waals surface area contributed by atoms with Gasteiger partial charge in [-0.25, -0.2) is 4.79 Å². The molecule has 1 atom stereocenters. The van der Waals surface area contributed by atoms with Gasteiger partial charge in [0.1, 0.15) is 5.75 Å². The Hall–Kier alpha value is -2.30. The van der Waals surface area contributed by atoms with E-state index in [0.717, 1.165) is 5.56 Å². The number of hydrogen-bond donors (Lipinski definition) is 1. The molecule has 1 aliphatic rings. The van der Waals surface area contributed by atoms with Crippen LogP contribution >= 0.6 is 11.6 Å². The Balaban J connectivity index is 2.21. The van der Waals surface area contributed by atoms with Gasteiger partial charge in [-0.2, -0.15) is 0 Å². The number of hydrogen-bond acceptors (Lipinski definition) is 4. The minimum atomic E-state index is -2.17. The highest BCUT2D eigenvalue weighted by Crippen LogP contribution is 2.40. The van der Waals surface area contributed by atoms with E-state index in [1.807, 2.05) is 30.3 Å². The Morgan fingerprint density at radius 1 is 1.23 bits per heavy atom. The smallest absolute Gasteiger partial charge is 0.383 e. The van der Waals surface area contributed by atoms with Crippen LogP contribution in [0.5, 0.6) is 5.75 Å². The van der Waals surface area contributed by atoms with Gasteiger partial charge in [0, 0.05) is 16.7 Å². The third kappa shape index (κ3) is 2.47. The first-order chi connectivity index (χ1) is 10.5. The molecule has 1 unspecified atom stereocenters. The minimum Gasteiger partial charge on any atom is -0.464 e. The summed E-state index contributed by atoms with van der Waals surface area (Å²) in [5, 5.41) is 11.0. The van der Waals surface area contributed by atoms with Crippen LogP contribution in [0.4, 0.5) is 0 Å². The van der Waals surface area contributed by atoms with Crippen LogP contribution in [0.2, 0.25) is 5.02 Å². The lowest BCUT2D eigenvalue weighted by atomic mass is 9.92. The van der Waals surface area contributed by atoms with Crippen molar-refractivity contribution in [3.8, 4) is 5.75 Å². The first kappa shape index (κ1) is 14.6. The van der Waals surface area contributed by atoms with Crippen molar-refractivity contribution >= 4 is 23.1 Å². The van der Waals surface area contributed by atoms with E-state index in [4.69, 9.17) is 16.3 Å². The zero-order valence-corrected chi connectivity index (χ0v) is 12.5. The van der Waals surface area contributed by atoms with Crippen LogP contribution in [-0.2, 0) is 9.53 Å². The van der Waals surface area contributed by atoms with E-state index in [0.29, 0.717) is 21.9 Å². The first-order valence-electron chi connectivity index (χ1n) is 6.61. The van der Waals surface area contributed by atoms with Crippen LogP contribution in [0, 0.1) is 0 Å². The van der Waals surface area contributed by atoms with Crippen molar-refractivity contribution in [2.75, 3.05) is 7.11 Å². The number of halogens is 1. The second-order valence-corrected chi connectivity index (χ2v) is 5.29. The molecule has 0 saturated heterocycles. The van der Waals surface area contributed by atoms with Gasteiger partial charge in [0.15, 0.2) is 0 Å². The SMILES string of the molecule is COC(=O)C1(O)C=C(c2ccccc2)c2cc(Cl)ccc2O1. The molecule has 3 rings (SSSR count). The van der Waals surface area contributed by atoms with Crippen LogP contribution in [0.1, 0.15) is 11.1 Å². The average Bonchev–Trinajstić information content (AvgIpc) is 2.54. The molecule has 0 bridgehead atoms. The van der Waals surface area contributed by atoms with Crippen molar-refractivity contribution in [3.05, 3.63) is 70.8 Å². The maximum Gasteiger partial charge on any atom is 0.383 e. The molecule has 0 saturated carbocycles. The quantitative estimate of drug-likeness (QED) is 0.865. The van der Waals surface area contributed by atoms with E-state index >= 15 is 0 Å². The topological polar surface area (TPSA) is 55.8 Å². The van der Waals surface area contributed by atoms with Crippen LogP contribution in [-0.4, -0.2) is 24.0 Å². The summed E-state index contributed by atoms with van der Waals surface area (Å²) in [5.41, 5.74) is 2.18. The van der Waals surface area contributed by atoms with Crippen molar-refractivity contribution < 1.29 is 19.4 Å². The number of fused-ring (bicyclic) bond motifs is 1. The summed E-state index contributed by atoms with van der Waals surface area (Å²) in [6.07, 6.45) is 1.34. The van der Waals surface area contributed by atoms with Gasteiger partial charge in [0.05, 0.1) is 7.11 Å². The lowest BCUT2D eigenvalue weighted by molar-refractivity contribution is -0.183. The summed E-state index contributed by atoms with van der Waals surface area (Å²) >= 11 is 6.05. The predicted molar refractivity (Wildman–Crippen MR) is 82.6 cm³/mol. The fraction of sp³-hybridized carbons (Fsp3) is 0.118. The first-order valence-corrected chi connectivity index (χ1v) is 6.99. The number of rotatable bonds is 2. The fourth-order valence-corrected chi connectivity index (χ4v) is 2.55. The lowest BCUT2D eigenvalue weighted by Crippen LogP contribution is -2.45. The highest BCUT2D eigenvalue weighted by molar-refractivity contribution is 6.30. The molecule has 5 heteroatoms. The molecule has 22 heavy (non-hydrogen) atoms. The van der Waals surface area contributed by atoms with Crippen molar-refractivity contribution in [1.29, 1.82) is 0 Å². The van der Waals surface area contributed by atoms with Crippen molar-refractivity contribution in [2.24, 2.45) is 0 Å². The monoisotopic (exact) mass is 316 g/mol. The van der Waals surface area contributed by atoms with E-state index in [9.17, 15) is 9.90 Å². The third-order valence-corrected chi connectivity index (χ3v) is 3.64. The van der Waals surface area contributed by atoms with Gasteiger partial charge in [-0.15, -0.1) is 0 Å². The molecule has 4 nitrogen and oxygen atoms in total. The fourth-order valence-electron chi connectivity index (χ4n) is 2.38. The Bertz CT molecular complexity index is 755. The van der Waals surface area contributed by atoms with Crippen molar-refractivity contribution in [3.63, 3.8) is 0 Å². The predicted octanol–water partition coefficient (Wildman–Crippen LogP) is 3.03. The Kier molecular flexibility index (Phi) is 3.64. The summed E-state index contributed by atoms with van der Waals surface area (Å²) < 4.78 is 10.1. The van der Waals surface area contributed by atoms with Gasteiger partial charge in [-0.1, -0.05) is 41.9 Å². The Morgan fingerprint density at radius 3 is 2.64 bits per heavy atom. The van der Waals surface area contributed by atoms with Crippen LogP contribution in [0.3, 0.4) is 0 Å².